The molecular weight excluding hydrogens is 216 g/mol. The zero-order chi connectivity index (χ0) is 12.3. The van der Waals surface area contributed by atoms with Gasteiger partial charge in [0.15, 0.2) is 0 Å². The van der Waals surface area contributed by atoms with Crippen molar-refractivity contribution in [2.24, 2.45) is 0 Å². The Balaban J connectivity index is 2.08. The van der Waals surface area contributed by atoms with Gasteiger partial charge in [0.2, 0.25) is 0 Å². The topological polar surface area (TPSA) is 41.6 Å². The van der Waals surface area contributed by atoms with E-state index >= 15 is 0 Å². The zero-order valence-corrected chi connectivity index (χ0v) is 10.3. The molecule has 2 amide bonds. The van der Waals surface area contributed by atoms with Gasteiger partial charge in [-0.2, -0.15) is 0 Å². The third-order valence-corrected chi connectivity index (χ3v) is 3.00. The largest absolute Gasteiger partial charge is 0.497 e. The molecule has 1 saturated heterocycles. The van der Waals surface area contributed by atoms with Crippen LogP contribution >= 0.6 is 0 Å². The molecule has 0 aliphatic carbocycles. The van der Waals surface area contributed by atoms with Gasteiger partial charge in [0, 0.05) is 18.3 Å². The number of rotatable bonds is 4. The molecule has 4 nitrogen and oxygen atoms in total. The summed E-state index contributed by atoms with van der Waals surface area (Å²) in [7, 11) is 1.63. The summed E-state index contributed by atoms with van der Waals surface area (Å²) in [4.78, 5) is 13.6. The summed E-state index contributed by atoms with van der Waals surface area (Å²) in [5, 5.41) is 2.99. The summed E-state index contributed by atoms with van der Waals surface area (Å²) >= 11 is 0. The lowest BCUT2D eigenvalue weighted by molar-refractivity contribution is 0.250. The van der Waals surface area contributed by atoms with Crippen molar-refractivity contribution in [3.63, 3.8) is 0 Å². The number of amides is 2. The molecule has 1 N–H and O–H groups in total. The summed E-state index contributed by atoms with van der Waals surface area (Å²) in [6.45, 7) is 2.88. The fraction of sp³-hybridized carbons (Fsp3) is 0.462. The Morgan fingerprint density at radius 2 is 2.12 bits per heavy atom. The Labute approximate surface area is 102 Å². The number of carbonyl (C=O) groups is 1. The molecule has 0 radical (unpaired) electrons. The maximum atomic E-state index is 11.8. The molecule has 92 valence electrons. The third kappa shape index (κ3) is 2.52. The molecule has 1 fully saturated rings. The molecule has 2 rings (SSSR count). The Kier molecular flexibility index (Phi) is 3.52. The highest BCUT2D eigenvalue weighted by Gasteiger charge is 2.28. The van der Waals surface area contributed by atoms with E-state index in [0.717, 1.165) is 30.8 Å². The summed E-state index contributed by atoms with van der Waals surface area (Å²) in [5.41, 5.74) is 0.918. The first-order valence-electron chi connectivity index (χ1n) is 5.96. The summed E-state index contributed by atoms with van der Waals surface area (Å²) < 4.78 is 5.10. The molecule has 1 aliphatic rings. The van der Waals surface area contributed by atoms with E-state index in [9.17, 15) is 4.79 Å². The predicted octanol–water partition coefficient (Wildman–Crippen LogP) is 2.39. The number of methoxy groups -OCH3 is 1. The molecular formula is C13H18N2O2. The van der Waals surface area contributed by atoms with E-state index in [0.29, 0.717) is 0 Å². The van der Waals surface area contributed by atoms with Crippen LogP contribution in [0.2, 0.25) is 0 Å². The highest BCUT2D eigenvalue weighted by atomic mass is 16.5. The maximum absolute atomic E-state index is 11.8. The molecule has 0 aromatic heterocycles. The number of carbonyl (C=O) groups excluding carboxylic acids is 1. The number of nitrogens with zero attached hydrogens (tertiary/aromatic N) is 1. The molecule has 1 atom stereocenters. The minimum Gasteiger partial charge on any atom is -0.497 e. The smallest absolute Gasteiger partial charge is 0.322 e. The predicted molar refractivity (Wildman–Crippen MR) is 67.6 cm³/mol. The van der Waals surface area contributed by atoms with Crippen molar-refractivity contribution in [2.45, 2.75) is 25.8 Å². The van der Waals surface area contributed by atoms with Gasteiger partial charge in [-0.1, -0.05) is 13.3 Å². The molecule has 0 saturated carbocycles. The molecule has 1 aliphatic heterocycles. The second kappa shape index (κ2) is 5.08. The fourth-order valence-corrected chi connectivity index (χ4v) is 2.10. The Hall–Kier alpha value is -1.71. The lowest BCUT2D eigenvalue weighted by Crippen LogP contribution is -2.28. The van der Waals surface area contributed by atoms with Crippen LogP contribution < -0.4 is 15.0 Å². The molecule has 1 heterocycles. The minimum absolute atomic E-state index is 0.00591. The van der Waals surface area contributed by atoms with Gasteiger partial charge < -0.3 is 10.1 Å². The van der Waals surface area contributed by atoms with Gasteiger partial charge in [0.05, 0.1) is 7.11 Å². The number of hydrogen-bond acceptors (Lipinski definition) is 2. The first-order chi connectivity index (χ1) is 8.24. The van der Waals surface area contributed by atoms with Gasteiger partial charge in [-0.05, 0) is 30.7 Å². The minimum atomic E-state index is -0.00591. The molecule has 1 aromatic rings. The van der Waals surface area contributed by atoms with Crippen LogP contribution in [-0.4, -0.2) is 25.7 Å². The molecule has 4 heteroatoms. The van der Waals surface area contributed by atoms with Gasteiger partial charge in [-0.15, -0.1) is 0 Å². The summed E-state index contributed by atoms with van der Waals surface area (Å²) in [5.74, 6) is 0.804. The highest BCUT2D eigenvalue weighted by Crippen LogP contribution is 2.22. The number of ether oxygens (including phenoxy) is 1. The number of benzene rings is 1. The van der Waals surface area contributed by atoms with Crippen molar-refractivity contribution >= 4 is 11.7 Å². The van der Waals surface area contributed by atoms with E-state index < -0.39 is 0 Å². The van der Waals surface area contributed by atoms with Gasteiger partial charge in [0.25, 0.3) is 0 Å². The zero-order valence-electron chi connectivity index (χ0n) is 10.3. The Bertz CT molecular complexity index is 389. The van der Waals surface area contributed by atoms with E-state index in [-0.39, 0.29) is 12.1 Å². The quantitative estimate of drug-likeness (QED) is 0.869. The second-order valence-corrected chi connectivity index (χ2v) is 4.24. The van der Waals surface area contributed by atoms with Crippen molar-refractivity contribution < 1.29 is 9.53 Å². The fourth-order valence-electron chi connectivity index (χ4n) is 2.10. The van der Waals surface area contributed by atoms with Crippen LogP contribution in [0.5, 0.6) is 5.75 Å². The summed E-state index contributed by atoms with van der Waals surface area (Å²) in [6.07, 6.45) is 2.11. The average Bonchev–Trinajstić information content (AvgIpc) is 2.71. The summed E-state index contributed by atoms with van der Waals surface area (Å²) in [6, 6.07) is 7.83. The Morgan fingerprint density at radius 1 is 1.41 bits per heavy atom. The number of nitrogens with one attached hydrogen (secondary N) is 1. The van der Waals surface area contributed by atoms with Gasteiger partial charge in [-0.25, -0.2) is 4.79 Å². The third-order valence-electron chi connectivity index (χ3n) is 3.00. The van der Waals surface area contributed by atoms with Crippen molar-refractivity contribution in [2.75, 3.05) is 18.6 Å². The van der Waals surface area contributed by atoms with E-state index in [1.165, 1.54) is 0 Å². The van der Waals surface area contributed by atoms with Crippen molar-refractivity contribution in [3.05, 3.63) is 24.3 Å². The average molecular weight is 234 g/mol. The SMILES string of the molecule is CCC[C@H]1CN(c2ccc(OC)cc2)C(=O)N1. The highest BCUT2D eigenvalue weighted by molar-refractivity contribution is 5.94. The van der Waals surface area contributed by atoms with Crippen LogP contribution in [0, 0.1) is 0 Å². The molecule has 0 bridgehead atoms. The van der Waals surface area contributed by atoms with Crippen LogP contribution in [0.4, 0.5) is 10.5 Å². The lowest BCUT2D eigenvalue weighted by atomic mass is 10.2. The lowest BCUT2D eigenvalue weighted by Gasteiger charge is -2.15. The van der Waals surface area contributed by atoms with Crippen LogP contribution in [0.1, 0.15) is 19.8 Å². The Morgan fingerprint density at radius 3 is 2.71 bits per heavy atom. The van der Waals surface area contributed by atoms with E-state index in [4.69, 9.17) is 4.74 Å². The first-order valence-corrected chi connectivity index (χ1v) is 5.96. The van der Waals surface area contributed by atoms with Crippen molar-refractivity contribution in [1.82, 2.24) is 5.32 Å². The second-order valence-electron chi connectivity index (χ2n) is 4.24. The van der Waals surface area contributed by atoms with Crippen molar-refractivity contribution in [3.8, 4) is 5.75 Å². The van der Waals surface area contributed by atoms with Gasteiger partial charge in [0.1, 0.15) is 5.75 Å². The van der Waals surface area contributed by atoms with E-state index in [1.54, 1.807) is 12.0 Å². The van der Waals surface area contributed by atoms with E-state index in [2.05, 4.69) is 12.2 Å². The first kappa shape index (κ1) is 11.8. The van der Waals surface area contributed by atoms with Crippen LogP contribution in [0.25, 0.3) is 0 Å². The number of urea groups is 1. The maximum Gasteiger partial charge on any atom is 0.322 e. The van der Waals surface area contributed by atoms with Gasteiger partial charge in [-0.3, -0.25) is 4.90 Å². The molecule has 0 unspecified atom stereocenters. The normalized spacial score (nSPS) is 19.3. The van der Waals surface area contributed by atoms with Gasteiger partial charge >= 0.3 is 6.03 Å². The van der Waals surface area contributed by atoms with Crippen LogP contribution in [0.15, 0.2) is 24.3 Å². The molecule has 0 spiro atoms. The van der Waals surface area contributed by atoms with Crippen LogP contribution in [-0.2, 0) is 0 Å². The van der Waals surface area contributed by atoms with Crippen LogP contribution in [0.3, 0.4) is 0 Å². The molecule has 17 heavy (non-hydrogen) atoms. The van der Waals surface area contributed by atoms with Crippen molar-refractivity contribution in [1.29, 1.82) is 0 Å². The number of anilines is 1. The number of hydrogen-bond donors (Lipinski definition) is 1. The molecule has 1 aromatic carbocycles. The standard InChI is InChI=1S/C13H18N2O2/c1-3-4-10-9-15(13(16)14-10)11-5-7-12(17-2)8-6-11/h5-8,10H,3-4,9H2,1-2H3,(H,14,16)/t10-/m0/s1. The van der Waals surface area contributed by atoms with E-state index in [1.807, 2.05) is 24.3 Å². The monoisotopic (exact) mass is 234 g/mol.